The van der Waals surface area contributed by atoms with Gasteiger partial charge in [0.2, 0.25) is 11.8 Å². The lowest BCUT2D eigenvalue weighted by molar-refractivity contribution is -0.134. The molecule has 1 atom stereocenters. The monoisotopic (exact) mass is 438 g/mol. The molecule has 0 aromatic heterocycles. The van der Waals surface area contributed by atoms with Gasteiger partial charge in [-0.1, -0.05) is 32.0 Å². The third-order valence-corrected chi connectivity index (χ3v) is 6.06. The molecule has 3 aliphatic rings. The third-order valence-electron chi connectivity index (χ3n) is 6.06. The zero-order valence-corrected chi connectivity index (χ0v) is 19.5. The summed E-state index contributed by atoms with van der Waals surface area (Å²) < 4.78 is 0. The Labute approximate surface area is 189 Å². The Morgan fingerprint density at radius 2 is 1.66 bits per heavy atom. The molecule has 2 fully saturated rings. The summed E-state index contributed by atoms with van der Waals surface area (Å²) in [7, 11) is 3.75. The summed E-state index contributed by atoms with van der Waals surface area (Å²) in [6.45, 7) is 6.02. The highest BCUT2D eigenvalue weighted by Gasteiger charge is 2.41. The van der Waals surface area contributed by atoms with Crippen molar-refractivity contribution in [3.05, 3.63) is 41.5 Å². The van der Waals surface area contributed by atoms with Crippen molar-refractivity contribution >= 4 is 34.2 Å². The number of benzene rings is 2. The number of rotatable bonds is 2. The summed E-state index contributed by atoms with van der Waals surface area (Å²) in [5.74, 6) is -0.322. The molecule has 172 valence electrons. The van der Waals surface area contributed by atoms with Crippen molar-refractivity contribution in [1.29, 1.82) is 0 Å². The summed E-state index contributed by atoms with van der Waals surface area (Å²) in [4.78, 5) is 38.6. The molecule has 3 heterocycles. The Bertz CT molecular complexity index is 998. The molecule has 1 unspecified atom stereocenters. The molecule has 3 aliphatic heterocycles. The quantitative estimate of drug-likeness (QED) is 0.627. The number of nitrogens with zero attached hydrogens (tertiary/aromatic N) is 1. The van der Waals surface area contributed by atoms with Gasteiger partial charge >= 0.3 is 0 Å². The van der Waals surface area contributed by atoms with E-state index in [9.17, 15) is 14.4 Å². The van der Waals surface area contributed by atoms with Gasteiger partial charge in [0.15, 0.2) is 0 Å². The number of nitrogens with one attached hydrogen (secondary N) is 3. The van der Waals surface area contributed by atoms with Crippen LogP contribution in [0.1, 0.15) is 61.4 Å². The second kappa shape index (κ2) is 10.7. The second-order valence-electron chi connectivity index (χ2n) is 8.07. The van der Waals surface area contributed by atoms with Crippen molar-refractivity contribution < 1.29 is 14.4 Å². The maximum atomic E-state index is 13.1. The molecule has 0 saturated carbocycles. The summed E-state index contributed by atoms with van der Waals surface area (Å²) in [6, 6.07) is 9.33. The normalized spacial score (nSPS) is 20.3. The van der Waals surface area contributed by atoms with Crippen LogP contribution in [0.15, 0.2) is 30.3 Å². The number of hydrogen-bond donors (Lipinski definition) is 3. The molecule has 32 heavy (non-hydrogen) atoms. The second-order valence-corrected chi connectivity index (χ2v) is 8.07. The van der Waals surface area contributed by atoms with Gasteiger partial charge < -0.3 is 10.6 Å². The summed E-state index contributed by atoms with van der Waals surface area (Å²) >= 11 is 0. The maximum Gasteiger partial charge on any atom is 0.259 e. The molecule has 2 saturated heterocycles. The zero-order chi connectivity index (χ0) is 23.3. The molecule has 0 radical (unpaired) electrons. The van der Waals surface area contributed by atoms with Crippen LogP contribution in [0.5, 0.6) is 0 Å². The van der Waals surface area contributed by atoms with Gasteiger partial charge in [0.1, 0.15) is 6.04 Å². The number of carbonyl (C=O) groups excluding carboxylic acids is 3. The highest BCUT2D eigenvalue weighted by molar-refractivity contribution is 6.27. The highest BCUT2D eigenvalue weighted by atomic mass is 16.2. The smallest absolute Gasteiger partial charge is 0.259 e. The van der Waals surface area contributed by atoms with Gasteiger partial charge in [-0.3, -0.25) is 24.6 Å². The van der Waals surface area contributed by atoms with Gasteiger partial charge in [0.05, 0.1) is 5.69 Å². The Kier molecular flexibility index (Phi) is 7.99. The van der Waals surface area contributed by atoms with E-state index in [1.165, 1.54) is 5.56 Å². The van der Waals surface area contributed by atoms with E-state index in [1.807, 2.05) is 46.1 Å². The third kappa shape index (κ3) is 4.40. The first-order valence-electron chi connectivity index (χ1n) is 11.6. The predicted molar refractivity (Wildman–Crippen MR) is 128 cm³/mol. The molecule has 0 bridgehead atoms. The topological polar surface area (TPSA) is 90.5 Å². The van der Waals surface area contributed by atoms with Gasteiger partial charge in [-0.05, 0) is 75.4 Å². The summed E-state index contributed by atoms with van der Waals surface area (Å²) in [5, 5.41) is 10.6. The van der Waals surface area contributed by atoms with E-state index < -0.39 is 6.04 Å². The standard InChI is InChI=1S/C21H21N3O3.C2H7N.C2H6/c25-18-7-6-17(20(26)23-18)24-16-5-4-13(12-8-10-22-11-9-12)14-2-1-3-15(19(14)16)21(24)27;1-3-2;1-2/h1-5,12,17,22H,6-11H2,(H,23,25,26);3H,1-2H3;1-2H3. The predicted octanol–water partition coefficient (Wildman–Crippen LogP) is 2.93. The molecule has 3 amide bonds. The summed E-state index contributed by atoms with van der Waals surface area (Å²) in [5.41, 5.74) is 2.73. The molecule has 3 N–H and O–H groups in total. The SMILES string of the molecule is CC.CNC.O=C1CCC(N2C(=O)c3cccc4c(C5CCNCC5)ccc2c34)C(=O)N1. The van der Waals surface area contributed by atoms with Crippen molar-refractivity contribution in [2.24, 2.45) is 0 Å². The first-order chi connectivity index (χ1) is 15.6. The van der Waals surface area contributed by atoms with Gasteiger partial charge in [0.25, 0.3) is 5.91 Å². The van der Waals surface area contributed by atoms with Crippen LogP contribution in [-0.4, -0.2) is 50.9 Å². The molecule has 0 aliphatic carbocycles. The van der Waals surface area contributed by atoms with E-state index >= 15 is 0 Å². The van der Waals surface area contributed by atoms with Gasteiger partial charge in [0, 0.05) is 17.4 Å². The van der Waals surface area contributed by atoms with Gasteiger partial charge in [-0.2, -0.15) is 0 Å². The number of hydrogen-bond acceptors (Lipinski definition) is 5. The highest BCUT2D eigenvalue weighted by Crippen LogP contribution is 2.43. The van der Waals surface area contributed by atoms with Crippen LogP contribution in [0.2, 0.25) is 0 Å². The van der Waals surface area contributed by atoms with Crippen LogP contribution in [-0.2, 0) is 9.59 Å². The Morgan fingerprint density at radius 1 is 0.969 bits per heavy atom. The van der Waals surface area contributed by atoms with Crippen molar-refractivity contribution in [2.75, 3.05) is 32.1 Å². The fourth-order valence-electron chi connectivity index (χ4n) is 4.76. The van der Waals surface area contributed by atoms with Crippen molar-refractivity contribution in [1.82, 2.24) is 16.0 Å². The fourth-order valence-corrected chi connectivity index (χ4v) is 4.76. The lowest BCUT2D eigenvalue weighted by Crippen LogP contribution is -2.53. The molecule has 0 spiro atoms. The molecule has 2 aromatic rings. The minimum atomic E-state index is -0.629. The van der Waals surface area contributed by atoms with Crippen LogP contribution in [0.3, 0.4) is 0 Å². The Hall–Kier alpha value is -2.77. The number of anilines is 1. The molecular formula is C25H34N4O3. The largest absolute Gasteiger partial charge is 0.323 e. The molecule has 7 nitrogen and oxygen atoms in total. The lowest BCUT2D eigenvalue weighted by Gasteiger charge is -2.30. The minimum absolute atomic E-state index is 0.146. The van der Waals surface area contributed by atoms with Gasteiger partial charge in [-0.15, -0.1) is 0 Å². The average Bonchev–Trinajstić information content (AvgIpc) is 3.10. The van der Waals surface area contributed by atoms with E-state index in [0.717, 1.165) is 42.4 Å². The van der Waals surface area contributed by atoms with Crippen molar-refractivity contribution in [3.63, 3.8) is 0 Å². The Morgan fingerprint density at radius 3 is 2.31 bits per heavy atom. The van der Waals surface area contributed by atoms with Crippen LogP contribution >= 0.6 is 0 Å². The number of amides is 3. The van der Waals surface area contributed by atoms with Crippen LogP contribution in [0, 0.1) is 0 Å². The minimum Gasteiger partial charge on any atom is -0.323 e. The van der Waals surface area contributed by atoms with Crippen molar-refractivity contribution in [2.45, 2.75) is 51.5 Å². The number of piperidine rings is 2. The average molecular weight is 439 g/mol. The zero-order valence-electron chi connectivity index (χ0n) is 19.5. The van der Waals surface area contributed by atoms with Crippen LogP contribution in [0.4, 0.5) is 5.69 Å². The van der Waals surface area contributed by atoms with E-state index in [0.29, 0.717) is 17.9 Å². The van der Waals surface area contributed by atoms with Gasteiger partial charge in [-0.25, -0.2) is 0 Å². The van der Waals surface area contributed by atoms with E-state index in [2.05, 4.69) is 28.1 Å². The van der Waals surface area contributed by atoms with E-state index in [-0.39, 0.29) is 24.1 Å². The van der Waals surface area contributed by atoms with E-state index in [1.54, 1.807) is 4.90 Å². The first kappa shape index (κ1) is 23.9. The number of carbonyl (C=O) groups is 3. The molecule has 7 heteroatoms. The fraction of sp³-hybridized carbons (Fsp3) is 0.480. The summed E-state index contributed by atoms with van der Waals surface area (Å²) in [6.07, 6.45) is 2.79. The molecule has 2 aromatic carbocycles. The van der Waals surface area contributed by atoms with Crippen LogP contribution in [0.25, 0.3) is 10.8 Å². The maximum absolute atomic E-state index is 13.1. The van der Waals surface area contributed by atoms with Crippen LogP contribution < -0.4 is 20.9 Å². The molecule has 5 rings (SSSR count). The van der Waals surface area contributed by atoms with E-state index in [4.69, 9.17) is 0 Å². The Balaban J connectivity index is 0.000000536. The first-order valence-corrected chi connectivity index (χ1v) is 11.6. The van der Waals surface area contributed by atoms with Crippen molar-refractivity contribution in [3.8, 4) is 0 Å². The lowest BCUT2D eigenvalue weighted by atomic mass is 9.86. The molecular weight excluding hydrogens is 404 g/mol. The number of imide groups is 1.